The summed E-state index contributed by atoms with van der Waals surface area (Å²) in [7, 11) is 1.65. The van der Waals surface area contributed by atoms with Crippen molar-refractivity contribution in [2.45, 2.75) is 37.6 Å². The zero-order chi connectivity index (χ0) is 16.3. The Labute approximate surface area is 137 Å². The standard InChI is InChI=1S/C18H26N2O3/c1-22-16-4-2-3-15-14(16)5-9-18(15,19)17(21)20-10-6-13-7-11-23-12-8-13/h2-4,13H,5-12,19H2,1H3,(H,20,21). The van der Waals surface area contributed by atoms with E-state index in [0.717, 1.165) is 55.8 Å². The molecule has 0 spiro atoms. The van der Waals surface area contributed by atoms with Gasteiger partial charge >= 0.3 is 0 Å². The third kappa shape index (κ3) is 3.21. The number of hydrogen-bond donors (Lipinski definition) is 2. The van der Waals surface area contributed by atoms with E-state index in [2.05, 4.69) is 5.32 Å². The Bertz CT molecular complexity index is 569. The lowest BCUT2D eigenvalue weighted by Gasteiger charge is -2.26. The average Bonchev–Trinajstić information content (AvgIpc) is 2.94. The SMILES string of the molecule is COc1cccc2c1CCC2(N)C(=O)NCCC1CCOCC1. The van der Waals surface area contributed by atoms with Gasteiger partial charge in [-0.2, -0.15) is 0 Å². The summed E-state index contributed by atoms with van der Waals surface area (Å²) in [4.78, 5) is 12.7. The third-order valence-corrected chi connectivity index (χ3v) is 5.19. The lowest BCUT2D eigenvalue weighted by atomic mass is 9.91. The van der Waals surface area contributed by atoms with Gasteiger partial charge in [-0.1, -0.05) is 12.1 Å². The molecule has 126 valence electrons. The zero-order valence-electron chi connectivity index (χ0n) is 13.8. The Hall–Kier alpha value is -1.59. The summed E-state index contributed by atoms with van der Waals surface area (Å²) in [5.74, 6) is 1.40. The maximum atomic E-state index is 12.7. The second-order valence-electron chi connectivity index (χ2n) is 6.56. The lowest BCUT2D eigenvalue weighted by molar-refractivity contribution is -0.126. The minimum absolute atomic E-state index is 0.0726. The van der Waals surface area contributed by atoms with E-state index in [9.17, 15) is 4.79 Å². The van der Waals surface area contributed by atoms with E-state index in [1.807, 2.05) is 18.2 Å². The number of nitrogens with one attached hydrogen (secondary N) is 1. The molecule has 0 saturated carbocycles. The highest BCUT2D eigenvalue weighted by molar-refractivity contribution is 5.89. The molecule has 3 N–H and O–H groups in total. The summed E-state index contributed by atoms with van der Waals surface area (Å²) < 4.78 is 10.8. The highest BCUT2D eigenvalue weighted by atomic mass is 16.5. The number of rotatable bonds is 5. The van der Waals surface area contributed by atoms with Crippen LogP contribution in [0.2, 0.25) is 0 Å². The molecule has 1 aromatic rings. The molecule has 1 aromatic carbocycles. The minimum Gasteiger partial charge on any atom is -0.496 e. The number of carbonyl (C=O) groups is 1. The van der Waals surface area contributed by atoms with Crippen LogP contribution in [0.3, 0.4) is 0 Å². The number of methoxy groups -OCH3 is 1. The van der Waals surface area contributed by atoms with Gasteiger partial charge in [-0.15, -0.1) is 0 Å². The number of benzene rings is 1. The van der Waals surface area contributed by atoms with E-state index in [1.165, 1.54) is 0 Å². The van der Waals surface area contributed by atoms with Crippen molar-refractivity contribution in [3.05, 3.63) is 29.3 Å². The Morgan fingerprint density at radius 2 is 2.22 bits per heavy atom. The van der Waals surface area contributed by atoms with Crippen molar-refractivity contribution < 1.29 is 14.3 Å². The number of hydrogen-bond acceptors (Lipinski definition) is 4. The van der Waals surface area contributed by atoms with Crippen LogP contribution in [0.4, 0.5) is 0 Å². The zero-order valence-corrected chi connectivity index (χ0v) is 13.8. The second kappa shape index (κ2) is 6.89. The molecule has 0 aromatic heterocycles. The van der Waals surface area contributed by atoms with Gasteiger partial charge in [0.25, 0.3) is 0 Å². The molecule has 1 heterocycles. The highest BCUT2D eigenvalue weighted by Gasteiger charge is 2.42. The van der Waals surface area contributed by atoms with Gasteiger partial charge in [0.1, 0.15) is 11.3 Å². The molecule has 2 aliphatic rings. The number of ether oxygens (including phenoxy) is 2. The number of carbonyl (C=O) groups excluding carboxylic acids is 1. The summed E-state index contributed by atoms with van der Waals surface area (Å²) in [6, 6.07) is 5.77. The monoisotopic (exact) mass is 318 g/mol. The fraction of sp³-hybridized carbons (Fsp3) is 0.611. The van der Waals surface area contributed by atoms with E-state index in [-0.39, 0.29) is 5.91 Å². The first-order valence-corrected chi connectivity index (χ1v) is 8.46. The Morgan fingerprint density at radius 1 is 1.43 bits per heavy atom. The van der Waals surface area contributed by atoms with E-state index >= 15 is 0 Å². The van der Waals surface area contributed by atoms with E-state index in [1.54, 1.807) is 7.11 Å². The van der Waals surface area contributed by atoms with Crippen LogP contribution >= 0.6 is 0 Å². The predicted octanol–water partition coefficient (Wildman–Crippen LogP) is 1.73. The molecular weight excluding hydrogens is 292 g/mol. The van der Waals surface area contributed by atoms with Crippen molar-refractivity contribution in [2.75, 3.05) is 26.9 Å². The molecule has 1 fully saturated rings. The number of fused-ring (bicyclic) bond motifs is 1. The van der Waals surface area contributed by atoms with Gasteiger partial charge in [0.2, 0.25) is 5.91 Å². The van der Waals surface area contributed by atoms with Crippen molar-refractivity contribution in [2.24, 2.45) is 11.7 Å². The summed E-state index contributed by atoms with van der Waals surface area (Å²) in [5, 5.41) is 3.05. The normalized spacial score (nSPS) is 24.3. The molecule has 23 heavy (non-hydrogen) atoms. The van der Waals surface area contributed by atoms with Crippen molar-refractivity contribution in [1.82, 2.24) is 5.32 Å². The maximum Gasteiger partial charge on any atom is 0.244 e. The smallest absolute Gasteiger partial charge is 0.244 e. The van der Waals surface area contributed by atoms with E-state index in [4.69, 9.17) is 15.2 Å². The van der Waals surface area contributed by atoms with Gasteiger partial charge in [0.15, 0.2) is 0 Å². The van der Waals surface area contributed by atoms with Crippen LogP contribution in [0.15, 0.2) is 18.2 Å². The van der Waals surface area contributed by atoms with Crippen molar-refractivity contribution in [3.8, 4) is 5.75 Å². The van der Waals surface area contributed by atoms with Crippen molar-refractivity contribution in [1.29, 1.82) is 0 Å². The van der Waals surface area contributed by atoms with Gasteiger partial charge in [0, 0.05) is 19.8 Å². The van der Waals surface area contributed by atoms with E-state index in [0.29, 0.717) is 18.9 Å². The highest BCUT2D eigenvalue weighted by Crippen LogP contribution is 2.39. The number of nitrogens with two attached hydrogens (primary N) is 1. The largest absolute Gasteiger partial charge is 0.496 e. The predicted molar refractivity (Wildman–Crippen MR) is 88.4 cm³/mol. The lowest BCUT2D eigenvalue weighted by Crippen LogP contribution is -2.50. The van der Waals surface area contributed by atoms with E-state index < -0.39 is 5.54 Å². The van der Waals surface area contributed by atoms with Crippen LogP contribution in [0.25, 0.3) is 0 Å². The van der Waals surface area contributed by atoms with Crippen LogP contribution in [0.5, 0.6) is 5.75 Å². The van der Waals surface area contributed by atoms with Gasteiger partial charge in [-0.05, 0) is 55.2 Å². The molecule has 1 unspecified atom stereocenters. The average molecular weight is 318 g/mol. The van der Waals surface area contributed by atoms with Gasteiger partial charge in [0.05, 0.1) is 7.11 Å². The topological polar surface area (TPSA) is 73.6 Å². The minimum atomic E-state index is -0.931. The Balaban J connectivity index is 1.62. The molecule has 1 aliphatic carbocycles. The summed E-state index contributed by atoms with van der Waals surface area (Å²) in [5.41, 5.74) is 7.51. The van der Waals surface area contributed by atoms with Crippen molar-refractivity contribution >= 4 is 5.91 Å². The second-order valence-corrected chi connectivity index (χ2v) is 6.56. The Morgan fingerprint density at radius 3 is 2.96 bits per heavy atom. The Kier molecular flexibility index (Phi) is 4.87. The first-order chi connectivity index (χ1) is 11.1. The summed E-state index contributed by atoms with van der Waals surface area (Å²) in [6.45, 7) is 2.36. The van der Waals surface area contributed by atoms with Gasteiger partial charge in [-0.25, -0.2) is 0 Å². The fourth-order valence-corrected chi connectivity index (χ4v) is 3.71. The molecule has 1 aliphatic heterocycles. The maximum absolute atomic E-state index is 12.7. The molecule has 0 radical (unpaired) electrons. The van der Waals surface area contributed by atoms with Crippen LogP contribution < -0.4 is 15.8 Å². The number of amides is 1. The first kappa shape index (κ1) is 16.3. The summed E-state index contributed by atoms with van der Waals surface area (Å²) >= 11 is 0. The quantitative estimate of drug-likeness (QED) is 0.867. The molecule has 3 rings (SSSR count). The molecule has 0 bridgehead atoms. The molecule has 5 nitrogen and oxygen atoms in total. The summed E-state index contributed by atoms with van der Waals surface area (Å²) in [6.07, 6.45) is 4.58. The van der Waals surface area contributed by atoms with Crippen LogP contribution in [0, 0.1) is 5.92 Å². The van der Waals surface area contributed by atoms with Crippen molar-refractivity contribution in [3.63, 3.8) is 0 Å². The first-order valence-electron chi connectivity index (χ1n) is 8.46. The van der Waals surface area contributed by atoms with Gasteiger partial charge in [-0.3, -0.25) is 4.79 Å². The van der Waals surface area contributed by atoms with Crippen LogP contribution in [-0.2, 0) is 21.5 Å². The molecule has 5 heteroatoms. The molecule has 1 saturated heterocycles. The molecule has 1 amide bonds. The fourth-order valence-electron chi connectivity index (χ4n) is 3.71. The van der Waals surface area contributed by atoms with Gasteiger partial charge < -0.3 is 20.5 Å². The molecule has 1 atom stereocenters. The molecular formula is C18H26N2O3. The third-order valence-electron chi connectivity index (χ3n) is 5.19. The van der Waals surface area contributed by atoms with Crippen LogP contribution in [-0.4, -0.2) is 32.8 Å². The van der Waals surface area contributed by atoms with Crippen LogP contribution in [0.1, 0.15) is 36.8 Å².